The van der Waals surface area contributed by atoms with Crippen LogP contribution in [0.3, 0.4) is 0 Å². The highest BCUT2D eigenvalue weighted by Gasteiger charge is 2.33. The van der Waals surface area contributed by atoms with Crippen molar-refractivity contribution in [1.29, 1.82) is 0 Å². The Kier molecular flexibility index (Phi) is 6.62. The summed E-state index contributed by atoms with van der Waals surface area (Å²) in [5, 5.41) is 14.6. The molecule has 0 aliphatic heterocycles. The zero-order valence-corrected chi connectivity index (χ0v) is 18.7. The lowest BCUT2D eigenvalue weighted by molar-refractivity contribution is 0.0951. The molecule has 1 saturated carbocycles. The maximum Gasteiger partial charge on any atom is 0.251 e. The number of carbonyl (C=O) groups excluding carboxylic acids is 1. The van der Waals surface area contributed by atoms with Gasteiger partial charge < -0.3 is 10.6 Å². The van der Waals surface area contributed by atoms with Gasteiger partial charge in [-0.05, 0) is 62.6 Å². The number of nitrogens with one attached hydrogen (secondary N) is 2. The third kappa shape index (κ3) is 5.69. The normalized spacial score (nSPS) is 16.0. The van der Waals surface area contributed by atoms with Gasteiger partial charge in [-0.25, -0.2) is 8.78 Å². The average molecular weight is 452 g/mol. The Bertz CT molecular complexity index is 1120. The SMILES string of the molecule is C[C@H](F)C[C@@](C)(CNc1ccc(-c2cccc(C(=O)NC3CC3)c2)nn1)c1ncccc1F. The van der Waals surface area contributed by atoms with E-state index in [4.69, 9.17) is 0 Å². The number of hydrogen-bond donors (Lipinski definition) is 2. The van der Waals surface area contributed by atoms with Crippen LogP contribution in [0.25, 0.3) is 11.3 Å². The molecule has 0 bridgehead atoms. The van der Waals surface area contributed by atoms with Gasteiger partial charge in [-0.1, -0.05) is 19.1 Å². The Morgan fingerprint density at radius 3 is 2.67 bits per heavy atom. The molecule has 1 aliphatic carbocycles. The lowest BCUT2D eigenvalue weighted by Crippen LogP contribution is -2.35. The van der Waals surface area contributed by atoms with E-state index < -0.39 is 17.4 Å². The molecule has 8 heteroatoms. The molecule has 2 atom stereocenters. The van der Waals surface area contributed by atoms with Crippen LogP contribution >= 0.6 is 0 Å². The first-order chi connectivity index (χ1) is 15.8. The Balaban J connectivity index is 1.47. The number of nitrogens with zero attached hydrogens (tertiary/aromatic N) is 3. The van der Waals surface area contributed by atoms with Crippen LogP contribution in [0.2, 0.25) is 0 Å². The molecular formula is C25H27F2N5O. The summed E-state index contributed by atoms with van der Waals surface area (Å²) < 4.78 is 28.3. The molecule has 172 valence electrons. The number of amides is 1. The van der Waals surface area contributed by atoms with Crippen molar-refractivity contribution < 1.29 is 13.6 Å². The number of rotatable bonds is 9. The van der Waals surface area contributed by atoms with Gasteiger partial charge in [0.15, 0.2) is 0 Å². The molecule has 6 nitrogen and oxygen atoms in total. The predicted molar refractivity (Wildman–Crippen MR) is 123 cm³/mol. The van der Waals surface area contributed by atoms with E-state index in [1.807, 2.05) is 12.1 Å². The predicted octanol–water partition coefficient (Wildman–Crippen LogP) is 4.69. The van der Waals surface area contributed by atoms with Crippen molar-refractivity contribution in [3.8, 4) is 11.3 Å². The zero-order chi connectivity index (χ0) is 23.4. The minimum absolute atomic E-state index is 0.0891. The Morgan fingerprint density at radius 1 is 1.18 bits per heavy atom. The van der Waals surface area contributed by atoms with E-state index in [0.717, 1.165) is 18.4 Å². The van der Waals surface area contributed by atoms with Crippen LogP contribution in [0.15, 0.2) is 54.7 Å². The molecule has 0 saturated heterocycles. The van der Waals surface area contributed by atoms with Gasteiger partial charge in [-0.3, -0.25) is 9.78 Å². The maximum atomic E-state index is 14.4. The van der Waals surface area contributed by atoms with Crippen LogP contribution in [-0.2, 0) is 5.41 Å². The minimum atomic E-state index is -1.13. The van der Waals surface area contributed by atoms with Crippen LogP contribution in [0.5, 0.6) is 0 Å². The van der Waals surface area contributed by atoms with E-state index >= 15 is 0 Å². The minimum Gasteiger partial charge on any atom is -0.368 e. The lowest BCUT2D eigenvalue weighted by atomic mass is 9.81. The Labute approximate surface area is 191 Å². The molecule has 4 rings (SSSR count). The number of benzene rings is 1. The van der Waals surface area contributed by atoms with Crippen molar-refractivity contribution in [2.45, 2.75) is 50.7 Å². The first-order valence-electron chi connectivity index (χ1n) is 11.1. The number of carbonyl (C=O) groups is 1. The number of aromatic nitrogens is 3. The van der Waals surface area contributed by atoms with Crippen molar-refractivity contribution in [2.75, 3.05) is 11.9 Å². The summed E-state index contributed by atoms with van der Waals surface area (Å²) in [6.45, 7) is 3.47. The second-order valence-corrected chi connectivity index (χ2v) is 8.87. The molecule has 1 amide bonds. The molecule has 0 radical (unpaired) electrons. The summed E-state index contributed by atoms with van der Waals surface area (Å²) >= 11 is 0. The summed E-state index contributed by atoms with van der Waals surface area (Å²) in [4.78, 5) is 16.5. The summed E-state index contributed by atoms with van der Waals surface area (Å²) in [5.74, 6) is -0.0707. The maximum absolute atomic E-state index is 14.4. The average Bonchev–Trinajstić information content (AvgIpc) is 3.62. The van der Waals surface area contributed by atoms with Crippen LogP contribution in [-0.4, -0.2) is 39.8 Å². The van der Waals surface area contributed by atoms with Gasteiger partial charge in [0.25, 0.3) is 5.91 Å². The van der Waals surface area contributed by atoms with Gasteiger partial charge in [0.1, 0.15) is 11.6 Å². The summed E-state index contributed by atoms with van der Waals surface area (Å²) in [6, 6.07) is 13.9. The summed E-state index contributed by atoms with van der Waals surface area (Å²) in [7, 11) is 0. The molecule has 3 aromatic rings. The molecule has 2 N–H and O–H groups in total. The molecule has 1 aliphatic rings. The monoisotopic (exact) mass is 451 g/mol. The van der Waals surface area contributed by atoms with Crippen molar-refractivity contribution >= 4 is 11.7 Å². The number of alkyl halides is 1. The third-order valence-corrected chi connectivity index (χ3v) is 5.72. The standard InChI is InChI=1S/C25H27F2N5O/c1-16(26)14-25(2,23-20(27)7-4-12-28-23)15-29-22-11-10-21(31-32-22)17-5-3-6-18(13-17)24(33)30-19-8-9-19/h3-7,10-13,16,19H,8-9,14-15H2,1-2H3,(H,29,32)(H,30,33)/t16-,25-/m0/s1. The fourth-order valence-electron chi connectivity index (χ4n) is 3.89. The quantitative estimate of drug-likeness (QED) is 0.494. The summed E-state index contributed by atoms with van der Waals surface area (Å²) in [5.41, 5.74) is 1.33. The molecule has 2 aromatic heterocycles. The van der Waals surface area contributed by atoms with Gasteiger partial charge >= 0.3 is 0 Å². The summed E-state index contributed by atoms with van der Waals surface area (Å²) in [6.07, 6.45) is 2.54. The first-order valence-corrected chi connectivity index (χ1v) is 11.1. The number of pyridine rings is 1. The van der Waals surface area contributed by atoms with E-state index in [9.17, 15) is 13.6 Å². The van der Waals surface area contributed by atoms with Crippen LogP contribution in [0, 0.1) is 5.82 Å². The van der Waals surface area contributed by atoms with E-state index in [1.54, 1.807) is 31.2 Å². The molecule has 33 heavy (non-hydrogen) atoms. The zero-order valence-electron chi connectivity index (χ0n) is 18.7. The van der Waals surface area contributed by atoms with E-state index in [-0.39, 0.29) is 30.6 Å². The molecule has 2 heterocycles. The van der Waals surface area contributed by atoms with Crippen molar-refractivity contribution in [1.82, 2.24) is 20.5 Å². The smallest absolute Gasteiger partial charge is 0.251 e. The number of hydrogen-bond acceptors (Lipinski definition) is 5. The van der Waals surface area contributed by atoms with E-state index in [2.05, 4.69) is 25.8 Å². The van der Waals surface area contributed by atoms with E-state index in [1.165, 1.54) is 25.3 Å². The van der Waals surface area contributed by atoms with Crippen molar-refractivity contribution in [2.24, 2.45) is 0 Å². The molecule has 0 spiro atoms. The fourth-order valence-corrected chi connectivity index (χ4v) is 3.89. The van der Waals surface area contributed by atoms with Crippen LogP contribution < -0.4 is 10.6 Å². The largest absolute Gasteiger partial charge is 0.368 e. The fraction of sp³-hybridized carbons (Fsp3) is 0.360. The number of halogens is 2. The van der Waals surface area contributed by atoms with Gasteiger partial charge in [-0.2, -0.15) is 0 Å². The number of anilines is 1. The van der Waals surface area contributed by atoms with Gasteiger partial charge in [-0.15, -0.1) is 10.2 Å². The highest BCUT2D eigenvalue weighted by atomic mass is 19.1. The van der Waals surface area contributed by atoms with Crippen LogP contribution in [0.1, 0.15) is 49.2 Å². The third-order valence-electron chi connectivity index (χ3n) is 5.72. The molecular weight excluding hydrogens is 424 g/mol. The second-order valence-electron chi connectivity index (χ2n) is 8.87. The van der Waals surface area contributed by atoms with E-state index in [0.29, 0.717) is 17.1 Å². The van der Waals surface area contributed by atoms with Crippen molar-refractivity contribution in [3.63, 3.8) is 0 Å². The van der Waals surface area contributed by atoms with Gasteiger partial charge in [0.2, 0.25) is 0 Å². The second kappa shape index (κ2) is 9.60. The Morgan fingerprint density at radius 2 is 2.00 bits per heavy atom. The lowest BCUT2D eigenvalue weighted by Gasteiger charge is -2.30. The highest BCUT2D eigenvalue weighted by Crippen LogP contribution is 2.31. The van der Waals surface area contributed by atoms with Crippen molar-refractivity contribution in [3.05, 3.63) is 71.8 Å². The highest BCUT2D eigenvalue weighted by molar-refractivity contribution is 5.95. The van der Waals surface area contributed by atoms with Crippen LogP contribution in [0.4, 0.5) is 14.6 Å². The molecule has 1 aromatic carbocycles. The first kappa shape index (κ1) is 22.8. The molecule has 1 fully saturated rings. The van der Waals surface area contributed by atoms with Gasteiger partial charge in [0, 0.05) is 35.3 Å². The van der Waals surface area contributed by atoms with Gasteiger partial charge in [0.05, 0.1) is 17.6 Å². The topological polar surface area (TPSA) is 79.8 Å². The molecule has 0 unspecified atom stereocenters. The Hall–Kier alpha value is -3.42.